The molecule has 1 saturated heterocycles. The average molecular weight is 225 g/mol. The topological polar surface area (TPSA) is 66.4 Å². The van der Waals surface area contributed by atoms with Gasteiger partial charge < -0.3 is 10.4 Å². The molecule has 4 nitrogen and oxygen atoms in total. The first-order valence-corrected chi connectivity index (χ1v) is 5.48. The van der Waals surface area contributed by atoms with Crippen LogP contribution in [0.4, 0.5) is 0 Å². The molecule has 1 fully saturated rings. The molecule has 2 rings (SSSR count). The lowest BCUT2D eigenvalue weighted by molar-refractivity contribution is -0.141. The van der Waals surface area contributed by atoms with Crippen molar-refractivity contribution in [2.45, 2.75) is 24.8 Å². The molecule has 5 heteroatoms. The second-order valence-corrected chi connectivity index (χ2v) is 4.86. The molecule has 0 radical (unpaired) electrons. The van der Waals surface area contributed by atoms with Gasteiger partial charge in [-0.05, 0) is 11.4 Å². The van der Waals surface area contributed by atoms with E-state index >= 15 is 0 Å². The highest BCUT2D eigenvalue weighted by atomic mass is 32.1. The smallest absolute Gasteiger partial charge is 0.327 e. The Hall–Kier alpha value is -1.36. The minimum Gasteiger partial charge on any atom is -0.480 e. The molecule has 0 spiro atoms. The van der Waals surface area contributed by atoms with Crippen LogP contribution in [0.25, 0.3) is 0 Å². The molecule has 2 N–H and O–H groups in total. The maximum Gasteiger partial charge on any atom is 0.327 e. The first-order valence-electron chi connectivity index (χ1n) is 4.60. The maximum atomic E-state index is 11.3. The molecule has 1 amide bonds. The summed E-state index contributed by atoms with van der Waals surface area (Å²) in [4.78, 5) is 23.3. The van der Waals surface area contributed by atoms with Gasteiger partial charge in [-0.25, -0.2) is 4.79 Å². The van der Waals surface area contributed by atoms with E-state index in [-0.39, 0.29) is 12.3 Å². The van der Waals surface area contributed by atoms with Crippen molar-refractivity contribution in [3.8, 4) is 0 Å². The second-order valence-electron chi connectivity index (χ2n) is 3.91. The zero-order valence-electron chi connectivity index (χ0n) is 8.19. The van der Waals surface area contributed by atoms with Crippen molar-refractivity contribution in [2.24, 2.45) is 0 Å². The van der Waals surface area contributed by atoms with E-state index in [2.05, 4.69) is 5.32 Å². The lowest BCUT2D eigenvalue weighted by Gasteiger charge is -2.25. The van der Waals surface area contributed by atoms with Crippen molar-refractivity contribution in [3.05, 3.63) is 22.4 Å². The van der Waals surface area contributed by atoms with Crippen molar-refractivity contribution < 1.29 is 14.7 Å². The third-order valence-electron chi connectivity index (χ3n) is 2.80. The fourth-order valence-corrected chi connectivity index (χ4v) is 2.89. The molecule has 0 aromatic carbocycles. The van der Waals surface area contributed by atoms with E-state index in [9.17, 15) is 9.59 Å². The first kappa shape index (κ1) is 10.2. The van der Waals surface area contributed by atoms with Crippen LogP contribution in [0.15, 0.2) is 17.5 Å². The highest BCUT2D eigenvalue weighted by Crippen LogP contribution is 2.38. The number of carboxylic acid groups (broad SMARTS) is 1. The molecule has 2 heterocycles. The molecule has 1 aliphatic heterocycles. The Morgan fingerprint density at radius 1 is 1.73 bits per heavy atom. The van der Waals surface area contributed by atoms with Gasteiger partial charge in [-0.15, -0.1) is 11.3 Å². The predicted octanol–water partition coefficient (Wildman–Crippen LogP) is 0.979. The van der Waals surface area contributed by atoms with E-state index < -0.39 is 17.4 Å². The number of hydrogen-bond acceptors (Lipinski definition) is 3. The van der Waals surface area contributed by atoms with Gasteiger partial charge in [0.2, 0.25) is 5.91 Å². The summed E-state index contributed by atoms with van der Waals surface area (Å²) in [6.07, 6.45) is 0.241. The van der Waals surface area contributed by atoms with E-state index in [4.69, 9.17) is 5.11 Å². The number of rotatable bonds is 2. The van der Waals surface area contributed by atoms with E-state index in [0.717, 1.165) is 4.88 Å². The minimum absolute atomic E-state index is 0.196. The quantitative estimate of drug-likeness (QED) is 0.788. The molecule has 2 unspecified atom stereocenters. The van der Waals surface area contributed by atoms with Gasteiger partial charge in [0.25, 0.3) is 0 Å². The molecular weight excluding hydrogens is 214 g/mol. The van der Waals surface area contributed by atoms with E-state index in [0.29, 0.717) is 0 Å². The SMILES string of the molecule is CC1(c2cccs2)CC(=O)NC1C(=O)O. The van der Waals surface area contributed by atoms with Gasteiger partial charge in [0.15, 0.2) is 0 Å². The van der Waals surface area contributed by atoms with Crippen molar-refractivity contribution in [1.29, 1.82) is 0 Å². The summed E-state index contributed by atoms with van der Waals surface area (Å²) >= 11 is 1.49. The highest BCUT2D eigenvalue weighted by Gasteiger charge is 2.49. The number of carboxylic acids is 1. The Labute approximate surface area is 90.9 Å². The van der Waals surface area contributed by atoms with Crippen LogP contribution in [0.2, 0.25) is 0 Å². The number of thiophene rings is 1. The van der Waals surface area contributed by atoms with E-state index in [1.807, 2.05) is 24.4 Å². The molecule has 1 aromatic heterocycles. The molecular formula is C10H11NO3S. The van der Waals surface area contributed by atoms with Gasteiger partial charge >= 0.3 is 5.97 Å². The fraction of sp³-hybridized carbons (Fsp3) is 0.400. The Kier molecular flexibility index (Phi) is 2.26. The Balaban J connectivity index is 2.41. The third-order valence-corrected chi connectivity index (χ3v) is 3.95. The van der Waals surface area contributed by atoms with Crippen LogP contribution < -0.4 is 5.32 Å². The van der Waals surface area contributed by atoms with Crippen LogP contribution >= 0.6 is 11.3 Å². The minimum atomic E-state index is -0.975. The highest BCUT2D eigenvalue weighted by molar-refractivity contribution is 7.10. The van der Waals surface area contributed by atoms with Crippen LogP contribution in [0.3, 0.4) is 0 Å². The van der Waals surface area contributed by atoms with Crippen LogP contribution in [0, 0.1) is 0 Å². The van der Waals surface area contributed by atoms with Crippen molar-refractivity contribution in [2.75, 3.05) is 0 Å². The van der Waals surface area contributed by atoms with Crippen molar-refractivity contribution in [1.82, 2.24) is 5.32 Å². The Bertz CT molecular complexity index is 401. The summed E-state index contributed by atoms with van der Waals surface area (Å²) in [6.45, 7) is 1.82. The molecule has 0 aliphatic carbocycles. The average Bonchev–Trinajstić information content (AvgIpc) is 2.72. The second kappa shape index (κ2) is 3.34. The molecule has 1 aromatic rings. The van der Waals surface area contributed by atoms with Gasteiger partial charge in [0.1, 0.15) is 6.04 Å². The lowest BCUT2D eigenvalue weighted by Crippen LogP contribution is -2.44. The molecule has 0 bridgehead atoms. The van der Waals surface area contributed by atoms with E-state index in [1.165, 1.54) is 11.3 Å². The van der Waals surface area contributed by atoms with Gasteiger partial charge in [0.05, 0.1) is 0 Å². The summed E-state index contributed by atoms with van der Waals surface area (Å²) in [7, 11) is 0. The molecule has 2 atom stereocenters. The van der Waals surface area contributed by atoms with Gasteiger partial charge in [-0.3, -0.25) is 4.79 Å². The van der Waals surface area contributed by atoms with E-state index in [1.54, 1.807) is 0 Å². The van der Waals surface area contributed by atoms with Crippen LogP contribution in [0.1, 0.15) is 18.2 Å². The summed E-state index contributed by atoms with van der Waals surface area (Å²) in [5, 5.41) is 13.4. The molecule has 0 saturated carbocycles. The van der Waals surface area contributed by atoms with Crippen LogP contribution in [-0.2, 0) is 15.0 Å². The Morgan fingerprint density at radius 3 is 3.00 bits per heavy atom. The zero-order chi connectivity index (χ0) is 11.1. The van der Waals surface area contributed by atoms with Crippen LogP contribution in [0.5, 0.6) is 0 Å². The summed E-state index contributed by atoms with van der Waals surface area (Å²) in [5.74, 6) is -1.17. The summed E-state index contributed by atoms with van der Waals surface area (Å²) < 4.78 is 0. The lowest BCUT2D eigenvalue weighted by atomic mass is 9.81. The van der Waals surface area contributed by atoms with Crippen molar-refractivity contribution >= 4 is 23.2 Å². The standard InChI is InChI=1S/C10H11NO3S/c1-10(6-3-2-4-15-6)5-7(12)11-8(10)9(13)14/h2-4,8H,5H2,1H3,(H,11,12)(H,13,14). The van der Waals surface area contributed by atoms with Crippen molar-refractivity contribution in [3.63, 3.8) is 0 Å². The molecule has 80 valence electrons. The van der Waals surface area contributed by atoms with Gasteiger partial charge in [-0.2, -0.15) is 0 Å². The number of nitrogens with one attached hydrogen (secondary N) is 1. The number of amides is 1. The monoisotopic (exact) mass is 225 g/mol. The number of hydrogen-bond donors (Lipinski definition) is 2. The normalized spacial score (nSPS) is 30.2. The van der Waals surface area contributed by atoms with Gasteiger partial charge in [-0.1, -0.05) is 13.0 Å². The number of aliphatic carboxylic acids is 1. The third kappa shape index (κ3) is 1.52. The largest absolute Gasteiger partial charge is 0.480 e. The predicted molar refractivity (Wildman–Crippen MR) is 55.9 cm³/mol. The zero-order valence-corrected chi connectivity index (χ0v) is 9.00. The summed E-state index contributed by atoms with van der Waals surface area (Å²) in [5.41, 5.74) is -0.614. The summed E-state index contributed by atoms with van der Waals surface area (Å²) in [6, 6.07) is 2.93. The first-order chi connectivity index (χ1) is 7.04. The molecule has 15 heavy (non-hydrogen) atoms. The van der Waals surface area contributed by atoms with Gasteiger partial charge in [0, 0.05) is 16.7 Å². The number of carbonyl (C=O) groups is 2. The number of carbonyl (C=O) groups excluding carboxylic acids is 1. The maximum absolute atomic E-state index is 11.3. The van der Waals surface area contributed by atoms with Crippen LogP contribution in [-0.4, -0.2) is 23.0 Å². The molecule has 1 aliphatic rings. The fourth-order valence-electron chi connectivity index (χ4n) is 1.97. The Morgan fingerprint density at radius 2 is 2.47 bits per heavy atom.